The van der Waals surface area contributed by atoms with E-state index in [9.17, 15) is 14.7 Å². The number of halogens is 1. The summed E-state index contributed by atoms with van der Waals surface area (Å²) in [6, 6.07) is 13.2. The lowest BCUT2D eigenvalue weighted by atomic mass is 9.95. The lowest BCUT2D eigenvalue weighted by Crippen LogP contribution is -2.33. The van der Waals surface area contributed by atoms with Gasteiger partial charge in [0.05, 0.1) is 38.0 Å². The Morgan fingerprint density at radius 2 is 1.87 bits per heavy atom. The molecule has 31 heavy (non-hydrogen) atoms. The first kappa shape index (κ1) is 23.0. The van der Waals surface area contributed by atoms with Gasteiger partial charge < -0.3 is 24.6 Å². The summed E-state index contributed by atoms with van der Waals surface area (Å²) in [5, 5.41) is 19.9. The maximum absolute atomic E-state index is 12.9. The molecule has 1 atom stereocenters. The molecule has 1 amide bonds. The van der Waals surface area contributed by atoms with E-state index in [1.165, 1.54) is 4.90 Å². The Labute approximate surface area is 189 Å². The third-order valence-electron chi connectivity index (χ3n) is 4.86. The molecule has 0 aliphatic carbocycles. The minimum absolute atomic E-state index is 0.0226. The third-order valence-corrected chi connectivity index (χ3v) is 5.35. The summed E-state index contributed by atoms with van der Waals surface area (Å²) in [6.45, 7) is 2.68. The Hall–Kier alpha value is -2.68. The number of carbonyl (C=O) groups is 2. The van der Waals surface area contributed by atoms with E-state index in [-0.39, 0.29) is 37.7 Å². The second-order valence-corrected chi connectivity index (χ2v) is 7.76. The zero-order valence-electron chi connectivity index (χ0n) is 17.1. The molecule has 1 heterocycles. The number of amides is 1. The number of rotatable bonds is 9. The number of carbonyl (C=O) groups excluding carboxylic acids is 2. The van der Waals surface area contributed by atoms with Gasteiger partial charge in [-0.25, -0.2) is 0 Å². The maximum Gasteiger partial charge on any atom is 0.295 e. The van der Waals surface area contributed by atoms with Crippen LogP contribution in [-0.2, 0) is 14.3 Å². The van der Waals surface area contributed by atoms with Crippen LogP contribution < -0.4 is 4.74 Å². The quantitative estimate of drug-likeness (QED) is 0.243. The van der Waals surface area contributed by atoms with Crippen molar-refractivity contribution in [2.75, 3.05) is 33.0 Å². The van der Waals surface area contributed by atoms with Crippen LogP contribution in [0, 0.1) is 0 Å². The highest BCUT2D eigenvalue weighted by Gasteiger charge is 2.45. The number of hydrogen-bond donors (Lipinski definition) is 2. The van der Waals surface area contributed by atoms with Gasteiger partial charge in [-0.15, -0.1) is 0 Å². The number of aliphatic hydroxyl groups excluding tert-OH is 2. The fourth-order valence-electron chi connectivity index (χ4n) is 3.49. The molecule has 0 aromatic heterocycles. The Balaban J connectivity index is 2.03. The molecule has 0 radical (unpaired) electrons. The van der Waals surface area contributed by atoms with Gasteiger partial charge in [-0.3, -0.25) is 9.59 Å². The maximum atomic E-state index is 12.9. The van der Waals surface area contributed by atoms with Crippen molar-refractivity contribution in [1.29, 1.82) is 0 Å². The molecule has 0 spiro atoms. The normalized spacial score (nSPS) is 17.9. The van der Waals surface area contributed by atoms with E-state index in [1.807, 2.05) is 19.1 Å². The van der Waals surface area contributed by atoms with E-state index < -0.39 is 17.7 Å². The lowest BCUT2D eigenvalue weighted by molar-refractivity contribution is -0.140. The van der Waals surface area contributed by atoms with E-state index in [2.05, 4.69) is 15.9 Å². The smallest absolute Gasteiger partial charge is 0.295 e. The molecule has 3 rings (SSSR count). The van der Waals surface area contributed by atoms with Crippen LogP contribution in [0.15, 0.2) is 58.6 Å². The first-order chi connectivity index (χ1) is 15.0. The van der Waals surface area contributed by atoms with Gasteiger partial charge in [0.1, 0.15) is 11.5 Å². The fraction of sp³-hybridized carbons (Fsp3) is 0.304. The lowest BCUT2D eigenvalue weighted by Gasteiger charge is -2.25. The van der Waals surface area contributed by atoms with E-state index in [1.54, 1.807) is 36.4 Å². The van der Waals surface area contributed by atoms with E-state index in [4.69, 9.17) is 14.6 Å². The standard InChI is InChI=1S/C23H24BrNO6/c1-2-31-18-8-6-15(7-9-18)21(27)19-20(16-4-3-5-17(24)14-16)25(23(29)22(19)28)10-12-30-13-11-26/h3-9,14,20,26-27H,2,10-13H2,1H3/b21-19+/t20-/m1/s1. The molecular formula is C23H24BrNO6. The van der Waals surface area contributed by atoms with Crippen LogP contribution in [-0.4, -0.2) is 59.8 Å². The summed E-state index contributed by atoms with van der Waals surface area (Å²) >= 11 is 3.42. The highest BCUT2D eigenvalue weighted by Crippen LogP contribution is 2.40. The number of aliphatic hydroxyl groups is 2. The predicted molar refractivity (Wildman–Crippen MR) is 119 cm³/mol. The number of nitrogens with zero attached hydrogens (tertiary/aromatic N) is 1. The average Bonchev–Trinajstić information content (AvgIpc) is 3.02. The van der Waals surface area contributed by atoms with Crippen molar-refractivity contribution >= 4 is 33.4 Å². The number of Topliss-reactive ketones (excluding diaryl/α,β-unsaturated/α-hetero) is 1. The first-order valence-corrected chi connectivity index (χ1v) is 10.7. The monoisotopic (exact) mass is 489 g/mol. The van der Waals surface area contributed by atoms with Crippen LogP contribution in [0.4, 0.5) is 0 Å². The van der Waals surface area contributed by atoms with Crippen molar-refractivity contribution in [1.82, 2.24) is 4.90 Å². The molecule has 2 aromatic carbocycles. The number of likely N-dealkylation sites (tertiary alicyclic amines) is 1. The van der Waals surface area contributed by atoms with Crippen LogP contribution in [0.1, 0.15) is 24.1 Å². The third kappa shape index (κ3) is 5.15. The molecule has 1 aliphatic rings. The summed E-state index contributed by atoms with van der Waals surface area (Å²) in [7, 11) is 0. The largest absolute Gasteiger partial charge is 0.507 e. The van der Waals surface area contributed by atoms with Crippen molar-refractivity contribution in [3.05, 3.63) is 69.7 Å². The summed E-state index contributed by atoms with van der Waals surface area (Å²) < 4.78 is 11.5. The molecule has 164 valence electrons. The number of ether oxygens (including phenoxy) is 2. The Morgan fingerprint density at radius 3 is 2.52 bits per heavy atom. The first-order valence-electron chi connectivity index (χ1n) is 9.93. The van der Waals surface area contributed by atoms with Crippen molar-refractivity contribution in [2.24, 2.45) is 0 Å². The molecule has 1 saturated heterocycles. The summed E-state index contributed by atoms with van der Waals surface area (Å²) in [6.07, 6.45) is 0. The van der Waals surface area contributed by atoms with E-state index >= 15 is 0 Å². The molecule has 0 saturated carbocycles. The van der Waals surface area contributed by atoms with Crippen molar-refractivity contribution < 1.29 is 29.3 Å². The minimum Gasteiger partial charge on any atom is -0.507 e. The van der Waals surface area contributed by atoms with Gasteiger partial charge in [-0.1, -0.05) is 28.1 Å². The topological polar surface area (TPSA) is 96.3 Å². The van der Waals surface area contributed by atoms with Gasteiger partial charge in [-0.2, -0.15) is 0 Å². The van der Waals surface area contributed by atoms with Crippen LogP contribution in [0.3, 0.4) is 0 Å². The molecule has 1 aliphatic heterocycles. The Morgan fingerprint density at radius 1 is 1.13 bits per heavy atom. The van der Waals surface area contributed by atoms with Gasteiger partial charge >= 0.3 is 0 Å². The van der Waals surface area contributed by atoms with Crippen molar-refractivity contribution in [3.63, 3.8) is 0 Å². The van der Waals surface area contributed by atoms with E-state index in [0.29, 0.717) is 23.5 Å². The Bertz CT molecular complexity index is 972. The summed E-state index contributed by atoms with van der Waals surface area (Å²) in [5.74, 6) is -1.06. The molecule has 8 heteroatoms. The number of ketones is 1. The Kier molecular flexibility index (Phi) is 7.84. The van der Waals surface area contributed by atoms with E-state index in [0.717, 1.165) is 4.47 Å². The minimum atomic E-state index is -0.762. The number of hydrogen-bond acceptors (Lipinski definition) is 6. The van der Waals surface area contributed by atoms with Gasteiger partial charge in [0.2, 0.25) is 0 Å². The zero-order valence-corrected chi connectivity index (χ0v) is 18.7. The van der Waals surface area contributed by atoms with Gasteiger partial charge in [0.25, 0.3) is 11.7 Å². The summed E-state index contributed by atoms with van der Waals surface area (Å²) in [4.78, 5) is 27.1. The molecular weight excluding hydrogens is 466 g/mol. The van der Waals surface area contributed by atoms with Crippen LogP contribution in [0.25, 0.3) is 5.76 Å². The highest BCUT2D eigenvalue weighted by atomic mass is 79.9. The molecule has 2 aromatic rings. The number of benzene rings is 2. The van der Waals surface area contributed by atoms with Crippen LogP contribution in [0.2, 0.25) is 0 Å². The predicted octanol–water partition coefficient (Wildman–Crippen LogP) is 3.28. The average molecular weight is 490 g/mol. The molecule has 2 N–H and O–H groups in total. The van der Waals surface area contributed by atoms with Gasteiger partial charge in [-0.05, 0) is 48.9 Å². The van der Waals surface area contributed by atoms with Crippen molar-refractivity contribution in [2.45, 2.75) is 13.0 Å². The SMILES string of the molecule is CCOc1ccc(/C(O)=C2\C(=O)C(=O)N(CCOCCO)[C@@H]2c2cccc(Br)c2)cc1. The van der Waals surface area contributed by atoms with Crippen LogP contribution in [0.5, 0.6) is 5.75 Å². The molecule has 1 fully saturated rings. The van der Waals surface area contributed by atoms with Gasteiger partial charge in [0.15, 0.2) is 0 Å². The van der Waals surface area contributed by atoms with Crippen LogP contribution >= 0.6 is 15.9 Å². The molecule has 0 unspecified atom stereocenters. The van der Waals surface area contributed by atoms with Gasteiger partial charge in [0, 0.05) is 16.6 Å². The van der Waals surface area contributed by atoms with Crippen molar-refractivity contribution in [3.8, 4) is 5.75 Å². The highest BCUT2D eigenvalue weighted by molar-refractivity contribution is 9.10. The second kappa shape index (κ2) is 10.6. The molecule has 0 bridgehead atoms. The molecule has 7 nitrogen and oxygen atoms in total. The summed E-state index contributed by atoms with van der Waals surface area (Å²) in [5.41, 5.74) is 1.12. The zero-order chi connectivity index (χ0) is 22.4. The fourth-order valence-corrected chi connectivity index (χ4v) is 3.91. The second-order valence-electron chi connectivity index (χ2n) is 6.84.